The number of amides is 1. The number of hydrogen-bond donors (Lipinski definition) is 1. The molecule has 1 unspecified atom stereocenters. The predicted octanol–water partition coefficient (Wildman–Crippen LogP) is 2.27. The molecule has 1 saturated heterocycles. The summed E-state index contributed by atoms with van der Waals surface area (Å²) in [6, 6.07) is 7.91. The molecule has 0 aliphatic carbocycles. The first-order valence-corrected chi connectivity index (χ1v) is 8.31. The predicted molar refractivity (Wildman–Crippen MR) is 83.1 cm³/mol. The van der Waals surface area contributed by atoms with Crippen molar-refractivity contribution in [3.05, 3.63) is 29.8 Å². The number of carbonyl (C=O) groups excluding carboxylic acids is 1. The van der Waals surface area contributed by atoms with Crippen LogP contribution in [0.1, 0.15) is 24.6 Å². The van der Waals surface area contributed by atoms with Gasteiger partial charge in [-0.05, 0) is 42.5 Å². The molecule has 1 fully saturated rings. The Labute approximate surface area is 124 Å². The maximum Gasteiger partial charge on any atom is 0.238 e. The van der Waals surface area contributed by atoms with Gasteiger partial charge in [0, 0.05) is 6.54 Å². The lowest BCUT2D eigenvalue weighted by molar-refractivity contribution is -0.128. The Morgan fingerprint density at radius 3 is 2.75 bits per heavy atom. The van der Waals surface area contributed by atoms with Gasteiger partial charge in [-0.25, -0.2) is 0 Å². The molecule has 1 aliphatic heterocycles. The molecular formula is C15H22N2O2S. The van der Waals surface area contributed by atoms with Crippen LogP contribution in [0.3, 0.4) is 0 Å². The summed E-state index contributed by atoms with van der Waals surface area (Å²) in [5.41, 5.74) is 1.11. The molecule has 0 saturated carbocycles. The number of nitrogens with zero attached hydrogens (tertiary/aromatic N) is 1. The van der Waals surface area contributed by atoms with Gasteiger partial charge in [-0.2, -0.15) is 11.8 Å². The molecule has 0 spiro atoms. The van der Waals surface area contributed by atoms with Crippen LogP contribution in [0.15, 0.2) is 24.3 Å². The van der Waals surface area contributed by atoms with Gasteiger partial charge in [0.25, 0.3) is 0 Å². The zero-order valence-corrected chi connectivity index (χ0v) is 12.9. The molecule has 1 atom stereocenters. The van der Waals surface area contributed by atoms with E-state index in [1.807, 2.05) is 40.9 Å². The highest BCUT2D eigenvalue weighted by atomic mass is 32.2. The molecule has 1 aliphatic rings. The summed E-state index contributed by atoms with van der Waals surface area (Å²) >= 11 is 1.85. The molecule has 110 valence electrons. The van der Waals surface area contributed by atoms with Crippen molar-refractivity contribution in [2.45, 2.75) is 19.0 Å². The van der Waals surface area contributed by atoms with Crippen molar-refractivity contribution in [2.24, 2.45) is 0 Å². The number of rotatable bonds is 7. The Hall–Kier alpha value is -1.20. The zero-order valence-electron chi connectivity index (χ0n) is 12.1. The molecule has 1 heterocycles. The summed E-state index contributed by atoms with van der Waals surface area (Å²) in [6.45, 7) is 1.25. The van der Waals surface area contributed by atoms with Gasteiger partial charge in [0.1, 0.15) is 11.9 Å². The number of hydrogen-bond acceptors (Lipinski definition) is 4. The van der Waals surface area contributed by atoms with E-state index in [9.17, 15) is 4.79 Å². The summed E-state index contributed by atoms with van der Waals surface area (Å²) in [6.07, 6.45) is 4.33. The van der Waals surface area contributed by atoms with Crippen LogP contribution in [-0.2, 0) is 4.79 Å². The van der Waals surface area contributed by atoms with Crippen LogP contribution in [0.4, 0.5) is 0 Å². The molecular weight excluding hydrogens is 272 g/mol. The van der Waals surface area contributed by atoms with Gasteiger partial charge < -0.3 is 9.64 Å². The minimum Gasteiger partial charge on any atom is -0.497 e. The molecule has 0 aromatic heterocycles. The Balaban J connectivity index is 1.99. The first kappa shape index (κ1) is 15.2. The van der Waals surface area contributed by atoms with Crippen molar-refractivity contribution in [2.75, 3.05) is 32.2 Å². The van der Waals surface area contributed by atoms with Crippen molar-refractivity contribution in [3.8, 4) is 5.75 Å². The third-order valence-corrected chi connectivity index (χ3v) is 4.20. The van der Waals surface area contributed by atoms with Gasteiger partial charge in [0.15, 0.2) is 0 Å². The minimum atomic E-state index is 0.00249. The van der Waals surface area contributed by atoms with E-state index in [4.69, 9.17) is 4.74 Å². The van der Waals surface area contributed by atoms with Crippen molar-refractivity contribution >= 4 is 17.7 Å². The van der Waals surface area contributed by atoms with Crippen molar-refractivity contribution < 1.29 is 9.53 Å². The maximum absolute atomic E-state index is 12.0. The van der Waals surface area contributed by atoms with Gasteiger partial charge >= 0.3 is 0 Å². The van der Waals surface area contributed by atoms with Crippen LogP contribution in [0, 0.1) is 0 Å². The van der Waals surface area contributed by atoms with Gasteiger partial charge in [0.05, 0.1) is 13.7 Å². The highest BCUT2D eigenvalue weighted by Gasteiger charge is 2.30. The average Bonchev–Trinajstić information content (AvgIpc) is 2.85. The number of methoxy groups -OCH3 is 1. The summed E-state index contributed by atoms with van der Waals surface area (Å²) < 4.78 is 5.17. The molecule has 20 heavy (non-hydrogen) atoms. The van der Waals surface area contributed by atoms with E-state index in [-0.39, 0.29) is 12.1 Å². The monoisotopic (exact) mass is 294 g/mol. The van der Waals surface area contributed by atoms with Gasteiger partial charge in [-0.15, -0.1) is 0 Å². The van der Waals surface area contributed by atoms with Crippen LogP contribution in [0.5, 0.6) is 5.75 Å². The molecule has 2 rings (SSSR count). The normalized spacial score (nSPS) is 18.6. The highest BCUT2D eigenvalue weighted by molar-refractivity contribution is 7.98. The van der Waals surface area contributed by atoms with Crippen LogP contribution in [0.25, 0.3) is 0 Å². The fourth-order valence-electron chi connectivity index (χ4n) is 2.41. The van der Waals surface area contributed by atoms with E-state index in [0.717, 1.165) is 36.5 Å². The molecule has 1 N–H and O–H groups in total. The molecule has 1 amide bonds. The molecule has 5 heteroatoms. The summed E-state index contributed by atoms with van der Waals surface area (Å²) in [5, 5.41) is 3.28. The maximum atomic E-state index is 12.0. The van der Waals surface area contributed by atoms with Gasteiger partial charge in [0.2, 0.25) is 5.91 Å². The fraction of sp³-hybridized carbons (Fsp3) is 0.533. The second-order valence-electron chi connectivity index (χ2n) is 4.84. The fourth-order valence-corrected chi connectivity index (χ4v) is 2.90. The van der Waals surface area contributed by atoms with Crippen LogP contribution >= 0.6 is 11.8 Å². The summed E-state index contributed by atoms with van der Waals surface area (Å²) in [7, 11) is 1.66. The second kappa shape index (κ2) is 7.55. The van der Waals surface area contributed by atoms with Gasteiger partial charge in [-0.1, -0.05) is 12.1 Å². The molecule has 1 aromatic rings. The van der Waals surface area contributed by atoms with Crippen molar-refractivity contribution in [1.82, 2.24) is 10.2 Å². The lowest BCUT2D eigenvalue weighted by Gasteiger charge is -2.24. The quantitative estimate of drug-likeness (QED) is 0.783. The zero-order chi connectivity index (χ0) is 14.4. The smallest absolute Gasteiger partial charge is 0.238 e. The van der Waals surface area contributed by atoms with E-state index >= 15 is 0 Å². The number of nitrogens with one attached hydrogen (secondary N) is 1. The molecule has 1 aromatic carbocycles. The second-order valence-corrected chi connectivity index (χ2v) is 5.83. The standard InChI is InChI=1S/C15H22N2O2S/c1-19-13-7-5-12(6-8-13)15-16-11-14(18)17(15)9-3-4-10-20-2/h5-8,15-16H,3-4,9-11H2,1-2H3. The molecule has 0 bridgehead atoms. The first-order valence-electron chi connectivity index (χ1n) is 6.92. The molecule has 0 radical (unpaired) electrons. The Morgan fingerprint density at radius 1 is 1.35 bits per heavy atom. The lowest BCUT2D eigenvalue weighted by atomic mass is 10.1. The minimum absolute atomic E-state index is 0.00249. The Bertz CT molecular complexity index is 436. The van der Waals surface area contributed by atoms with Crippen molar-refractivity contribution in [3.63, 3.8) is 0 Å². The number of thioether (sulfide) groups is 1. The highest BCUT2D eigenvalue weighted by Crippen LogP contribution is 2.24. The topological polar surface area (TPSA) is 41.6 Å². The van der Waals surface area contributed by atoms with Crippen LogP contribution < -0.4 is 10.1 Å². The lowest BCUT2D eigenvalue weighted by Crippen LogP contribution is -2.31. The Morgan fingerprint density at radius 2 is 2.10 bits per heavy atom. The first-order chi connectivity index (χ1) is 9.76. The largest absolute Gasteiger partial charge is 0.497 e. The van der Waals surface area contributed by atoms with Crippen LogP contribution in [0.2, 0.25) is 0 Å². The summed E-state index contributed by atoms with van der Waals surface area (Å²) in [5.74, 6) is 2.18. The number of benzene rings is 1. The average molecular weight is 294 g/mol. The number of ether oxygens (including phenoxy) is 1. The van der Waals surface area contributed by atoms with Crippen molar-refractivity contribution in [1.29, 1.82) is 0 Å². The number of unbranched alkanes of at least 4 members (excludes halogenated alkanes) is 1. The molecule has 4 nitrogen and oxygen atoms in total. The van der Waals surface area contributed by atoms with Gasteiger partial charge in [-0.3, -0.25) is 10.1 Å². The Kier molecular flexibility index (Phi) is 5.73. The summed E-state index contributed by atoms with van der Waals surface area (Å²) in [4.78, 5) is 13.9. The van der Waals surface area contributed by atoms with E-state index in [2.05, 4.69) is 11.6 Å². The van der Waals surface area contributed by atoms with E-state index in [1.165, 1.54) is 0 Å². The third kappa shape index (κ3) is 3.67. The van der Waals surface area contributed by atoms with E-state index < -0.39 is 0 Å². The van der Waals surface area contributed by atoms with Crippen LogP contribution in [-0.4, -0.2) is 43.0 Å². The van der Waals surface area contributed by atoms with E-state index in [1.54, 1.807) is 7.11 Å². The number of carbonyl (C=O) groups is 1. The van der Waals surface area contributed by atoms with E-state index in [0.29, 0.717) is 6.54 Å². The third-order valence-electron chi connectivity index (χ3n) is 3.51. The SMILES string of the molecule is COc1ccc(C2NCC(=O)N2CCCCSC)cc1.